The number of piperidine rings is 1. The second-order valence-corrected chi connectivity index (χ2v) is 5.39. The molecule has 1 aliphatic rings. The van der Waals surface area contributed by atoms with Gasteiger partial charge in [-0.2, -0.15) is 4.98 Å². The summed E-state index contributed by atoms with van der Waals surface area (Å²) in [6.45, 7) is 4.77. The average Bonchev–Trinajstić information content (AvgIpc) is 2.46. The maximum atomic E-state index is 11.3. The highest BCUT2D eigenvalue weighted by Crippen LogP contribution is 2.34. The molecule has 1 aliphatic heterocycles. The Morgan fingerprint density at radius 3 is 2.81 bits per heavy atom. The van der Waals surface area contributed by atoms with Gasteiger partial charge in [-0.05, 0) is 26.7 Å². The third-order valence-electron chi connectivity index (χ3n) is 3.80. The number of aryl methyl sites for hydroxylation is 1. The molecule has 9 heteroatoms. The van der Waals surface area contributed by atoms with Gasteiger partial charge in [-0.25, -0.2) is 10.8 Å². The van der Waals surface area contributed by atoms with E-state index in [2.05, 4.69) is 15.4 Å². The molecule has 9 nitrogen and oxygen atoms in total. The fourth-order valence-electron chi connectivity index (χ4n) is 2.60. The number of anilines is 2. The molecule has 0 aliphatic carbocycles. The average molecular weight is 296 g/mol. The van der Waals surface area contributed by atoms with E-state index < -0.39 is 4.92 Å². The van der Waals surface area contributed by atoms with Gasteiger partial charge in [0.1, 0.15) is 5.69 Å². The largest absolute Gasteiger partial charge is 0.377 e. The minimum Gasteiger partial charge on any atom is -0.377 e. The number of nitrogens with one attached hydrogen (secondary N) is 1. The van der Waals surface area contributed by atoms with E-state index in [1.807, 2.05) is 11.8 Å². The minimum atomic E-state index is -0.455. The van der Waals surface area contributed by atoms with Gasteiger partial charge < -0.3 is 9.64 Å². The lowest BCUT2D eigenvalue weighted by atomic mass is 9.94. The van der Waals surface area contributed by atoms with E-state index >= 15 is 0 Å². The van der Waals surface area contributed by atoms with Crippen LogP contribution in [0.1, 0.15) is 25.5 Å². The van der Waals surface area contributed by atoms with E-state index in [4.69, 9.17) is 10.6 Å². The molecule has 3 N–H and O–H groups in total. The predicted octanol–water partition coefficient (Wildman–Crippen LogP) is 0.984. The minimum absolute atomic E-state index is 0.0886. The molecule has 1 fully saturated rings. The van der Waals surface area contributed by atoms with Gasteiger partial charge in [-0.3, -0.25) is 15.5 Å². The third kappa shape index (κ3) is 3.03. The normalized spacial score (nSPS) is 22.2. The number of nitro groups is 1. The molecule has 1 aromatic heterocycles. The number of aromatic nitrogens is 2. The first-order chi connectivity index (χ1) is 9.90. The fourth-order valence-corrected chi connectivity index (χ4v) is 2.60. The van der Waals surface area contributed by atoms with E-state index in [1.54, 1.807) is 14.0 Å². The van der Waals surface area contributed by atoms with E-state index in [1.165, 1.54) is 0 Å². The van der Waals surface area contributed by atoms with Gasteiger partial charge in [0.05, 0.1) is 10.5 Å². The van der Waals surface area contributed by atoms with Gasteiger partial charge in [-0.1, -0.05) is 0 Å². The molecule has 1 aromatic rings. The maximum absolute atomic E-state index is 11.3. The Morgan fingerprint density at radius 2 is 2.24 bits per heavy atom. The lowest BCUT2D eigenvalue weighted by Gasteiger charge is -2.39. The third-order valence-corrected chi connectivity index (χ3v) is 3.80. The zero-order valence-electron chi connectivity index (χ0n) is 12.4. The van der Waals surface area contributed by atoms with Crippen molar-refractivity contribution in [3.8, 4) is 0 Å². The van der Waals surface area contributed by atoms with Crippen molar-refractivity contribution >= 4 is 17.5 Å². The molecule has 0 radical (unpaired) electrons. The molecule has 1 atom stereocenters. The second kappa shape index (κ2) is 5.78. The van der Waals surface area contributed by atoms with Crippen molar-refractivity contribution < 1.29 is 9.66 Å². The van der Waals surface area contributed by atoms with Crippen molar-refractivity contribution in [2.24, 2.45) is 5.84 Å². The van der Waals surface area contributed by atoms with Crippen LogP contribution in [0.15, 0.2) is 0 Å². The van der Waals surface area contributed by atoms with Crippen LogP contribution in [-0.4, -0.2) is 40.7 Å². The van der Waals surface area contributed by atoms with Crippen LogP contribution >= 0.6 is 0 Å². The summed E-state index contributed by atoms with van der Waals surface area (Å²) in [6.07, 6.45) is 1.77. The number of ether oxygens (including phenoxy) is 1. The quantitative estimate of drug-likeness (QED) is 0.479. The summed E-state index contributed by atoms with van der Waals surface area (Å²) in [5, 5.41) is 11.3. The molecule has 0 amide bonds. The van der Waals surface area contributed by atoms with Gasteiger partial charge in [0, 0.05) is 20.2 Å². The Balaban J connectivity index is 2.46. The number of hydrogen-bond donors (Lipinski definition) is 2. The molecule has 0 saturated carbocycles. The smallest absolute Gasteiger partial charge is 0.332 e. The molecule has 0 bridgehead atoms. The van der Waals surface area contributed by atoms with Crippen LogP contribution in [0.5, 0.6) is 0 Å². The lowest BCUT2D eigenvalue weighted by Crippen LogP contribution is -2.48. The summed E-state index contributed by atoms with van der Waals surface area (Å²) in [4.78, 5) is 20.9. The Kier molecular flexibility index (Phi) is 4.24. The van der Waals surface area contributed by atoms with Crippen LogP contribution in [0.3, 0.4) is 0 Å². The van der Waals surface area contributed by atoms with Crippen LogP contribution in [0.4, 0.5) is 17.5 Å². The lowest BCUT2D eigenvalue weighted by molar-refractivity contribution is -0.385. The van der Waals surface area contributed by atoms with Crippen LogP contribution < -0.4 is 16.2 Å². The SMILES string of the molecule is COC1(C)CCCN(c2nc(NN)nc(C)c2[N+](=O)[O-])C1. The molecule has 1 unspecified atom stereocenters. The molecule has 0 aromatic carbocycles. The number of nitrogen functional groups attached to an aromatic ring is 1. The summed E-state index contributed by atoms with van der Waals surface area (Å²) in [5.41, 5.74) is 2.19. The van der Waals surface area contributed by atoms with Crippen LogP contribution in [-0.2, 0) is 4.74 Å². The highest BCUT2D eigenvalue weighted by molar-refractivity contribution is 5.62. The van der Waals surface area contributed by atoms with Gasteiger partial charge >= 0.3 is 5.69 Å². The number of hydrogen-bond acceptors (Lipinski definition) is 8. The van der Waals surface area contributed by atoms with Crippen molar-refractivity contribution in [2.75, 3.05) is 30.5 Å². The van der Waals surface area contributed by atoms with Crippen molar-refractivity contribution in [1.29, 1.82) is 0 Å². The summed E-state index contributed by atoms with van der Waals surface area (Å²) in [6, 6.07) is 0. The van der Waals surface area contributed by atoms with Crippen LogP contribution in [0.2, 0.25) is 0 Å². The first-order valence-electron chi connectivity index (χ1n) is 6.70. The van der Waals surface area contributed by atoms with Gasteiger partial charge in [0.25, 0.3) is 0 Å². The molecule has 0 spiro atoms. The van der Waals surface area contributed by atoms with Crippen molar-refractivity contribution in [3.05, 3.63) is 15.8 Å². The van der Waals surface area contributed by atoms with E-state index in [0.29, 0.717) is 13.1 Å². The summed E-state index contributed by atoms with van der Waals surface area (Å²) in [7, 11) is 1.65. The van der Waals surface area contributed by atoms with Crippen LogP contribution in [0.25, 0.3) is 0 Å². The molecular weight excluding hydrogens is 276 g/mol. The zero-order chi connectivity index (χ0) is 15.6. The van der Waals surface area contributed by atoms with Crippen molar-refractivity contribution in [3.63, 3.8) is 0 Å². The monoisotopic (exact) mass is 296 g/mol. The fraction of sp³-hybridized carbons (Fsp3) is 0.667. The highest BCUT2D eigenvalue weighted by Gasteiger charge is 2.35. The van der Waals surface area contributed by atoms with Crippen LogP contribution in [0, 0.1) is 17.0 Å². The van der Waals surface area contributed by atoms with E-state index in [0.717, 1.165) is 12.8 Å². The van der Waals surface area contributed by atoms with Crippen molar-refractivity contribution in [2.45, 2.75) is 32.3 Å². The maximum Gasteiger partial charge on any atom is 0.332 e. The standard InChI is InChI=1S/C12H20N6O3/c1-8-9(18(19)20)10(15-11(14-8)16-13)17-6-4-5-12(2,7-17)21-3/h4-7,13H2,1-3H3,(H,14,15,16). The number of nitrogens with zero attached hydrogens (tertiary/aromatic N) is 4. The first-order valence-corrected chi connectivity index (χ1v) is 6.70. The first kappa shape index (κ1) is 15.4. The Bertz CT molecular complexity index is 552. The van der Waals surface area contributed by atoms with Crippen molar-refractivity contribution in [1.82, 2.24) is 9.97 Å². The molecule has 2 rings (SSSR count). The molecule has 1 saturated heterocycles. The zero-order valence-corrected chi connectivity index (χ0v) is 12.4. The topological polar surface area (TPSA) is 119 Å². The number of hydrazine groups is 1. The summed E-state index contributed by atoms with van der Waals surface area (Å²) in [5.74, 6) is 5.78. The highest BCUT2D eigenvalue weighted by atomic mass is 16.6. The molecule has 21 heavy (non-hydrogen) atoms. The second-order valence-electron chi connectivity index (χ2n) is 5.39. The summed E-state index contributed by atoms with van der Waals surface area (Å²) >= 11 is 0. The van der Waals surface area contributed by atoms with E-state index in [-0.39, 0.29) is 28.7 Å². The molecular formula is C12H20N6O3. The summed E-state index contributed by atoms with van der Waals surface area (Å²) < 4.78 is 5.52. The van der Waals surface area contributed by atoms with E-state index in [9.17, 15) is 10.1 Å². The Hall–Kier alpha value is -2.00. The Morgan fingerprint density at radius 1 is 1.52 bits per heavy atom. The number of rotatable bonds is 4. The number of methoxy groups -OCH3 is 1. The molecule has 2 heterocycles. The Labute approximate surface area is 122 Å². The van der Waals surface area contributed by atoms with Gasteiger partial charge in [0.2, 0.25) is 11.8 Å². The number of nitrogens with two attached hydrogens (primary N) is 1. The molecule has 116 valence electrons. The predicted molar refractivity (Wildman–Crippen MR) is 78.1 cm³/mol. The van der Waals surface area contributed by atoms with Gasteiger partial charge in [0.15, 0.2) is 0 Å². The van der Waals surface area contributed by atoms with Gasteiger partial charge in [-0.15, -0.1) is 0 Å².